The zero-order valence-corrected chi connectivity index (χ0v) is 19.3. The Bertz CT molecular complexity index is 1260. The van der Waals surface area contributed by atoms with Crippen molar-refractivity contribution in [1.29, 1.82) is 0 Å². The minimum Gasteiger partial charge on any atom is -0.468 e. The molecule has 1 heterocycles. The summed E-state index contributed by atoms with van der Waals surface area (Å²) in [5.74, 6) is -0.941. The van der Waals surface area contributed by atoms with E-state index in [1.54, 1.807) is 0 Å². The Kier molecular flexibility index (Phi) is 7.80. The third-order valence-corrected chi connectivity index (χ3v) is 5.56. The molecule has 1 aromatic heterocycles. The summed E-state index contributed by atoms with van der Waals surface area (Å²) in [5, 5.41) is 3.47. The molecule has 0 bridgehead atoms. The Labute approximate surface area is 199 Å². The van der Waals surface area contributed by atoms with Gasteiger partial charge in [0.25, 0.3) is 5.91 Å². The van der Waals surface area contributed by atoms with E-state index in [9.17, 15) is 9.59 Å². The van der Waals surface area contributed by atoms with Crippen molar-refractivity contribution in [2.45, 2.75) is 12.8 Å². The number of benzene rings is 3. The molecule has 0 radical (unpaired) electrons. The van der Waals surface area contributed by atoms with Gasteiger partial charge in [0.2, 0.25) is 0 Å². The van der Waals surface area contributed by atoms with E-state index in [1.165, 1.54) is 7.11 Å². The predicted molar refractivity (Wildman–Crippen MR) is 133 cm³/mol. The number of hydrogen-bond donors (Lipinski definition) is 1. The fraction of sp³-hybridized carbons (Fsp3) is 0.148. The van der Waals surface area contributed by atoms with Gasteiger partial charge in [0.1, 0.15) is 6.54 Å². The second-order valence-corrected chi connectivity index (χ2v) is 7.52. The number of nitrogens with zero attached hydrogens (tertiary/aromatic N) is 1. The summed E-state index contributed by atoms with van der Waals surface area (Å²) < 4.78 is 4.70. The normalized spacial score (nSPS) is 11.3. The van der Waals surface area contributed by atoms with Gasteiger partial charge in [0.15, 0.2) is 0 Å². The molecule has 168 valence electrons. The maximum absolute atomic E-state index is 13.5. The van der Waals surface area contributed by atoms with Crippen LogP contribution in [0.4, 0.5) is 0 Å². The molecule has 0 aliphatic heterocycles. The van der Waals surface area contributed by atoms with Gasteiger partial charge in [-0.15, -0.1) is 12.4 Å². The zero-order valence-electron chi connectivity index (χ0n) is 18.4. The van der Waals surface area contributed by atoms with Crippen LogP contribution in [0.3, 0.4) is 0 Å². The summed E-state index contributed by atoms with van der Waals surface area (Å²) in [7, 11) is 1.30. The molecule has 0 saturated carbocycles. The third-order valence-electron chi connectivity index (χ3n) is 5.56. The van der Waals surface area contributed by atoms with Crippen molar-refractivity contribution >= 4 is 35.2 Å². The Morgan fingerprint density at radius 3 is 2.18 bits per heavy atom. The molecule has 3 aromatic carbocycles. The van der Waals surface area contributed by atoms with Crippen LogP contribution >= 0.6 is 12.4 Å². The lowest BCUT2D eigenvalue weighted by Gasteiger charge is -2.22. The highest BCUT2D eigenvalue weighted by molar-refractivity contribution is 6.10. The van der Waals surface area contributed by atoms with E-state index in [-0.39, 0.29) is 30.8 Å². The Hall–Kier alpha value is -3.70. The lowest BCUT2D eigenvalue weighted by molar-refractivity contribution is -0.139. The Morgan fingerprint density at radius 2 is 1.52 bits per heavy atom. The number of ether oxygens (including phenoxy) is 1. The first-order valence-electron chi connectivity index (χ1n) is 10.5. The number of pyridine rings is 1. The number of hydrogen-bond acceptors (Lipinski definition) is 4. The first kappa shape index (κ1) is 24.0. The maximum atomic E-state index is 13.5. The van der Waals surface area contributed by atoms with Crippen molar-refractivity contribution in [3.63, 3.8) is 0 Å². The average Bonchev–Trinajstić information content (AvgIpc) is 2.86. The molecule has 33 heavy (non-hydrogen) atoms. The van der Waals surface area contributed by atoms with Crippen LogP contribution in [0.15, 0.2) is 84.9 Å². The number of carbonyl (C=O) groups excluding carboxylic acids is 2. The highest BCUT2D eigenvalue weighted by atomic mass is 35.5. The van der Waals surface area contributed by atoms with Crippen LogP contribution in [0.2, 0.25) is 0 Å². The van der Waals surface area contributed by atoms with Gasteiger partial charge < -0.3 is 10.1 Å². The van der Waals surface area contributed by atoms with Gasteiger partial charge in [-0.05, 0) is 17.2 Å². The molecular formula is C27H25ClN2O3. The second kappa shape index (κ2) is 10.7. The lowest BCUT2D eigenvalue weighted by Crippen LogP contribution is -2.31. The van der Waals surface area contributed by atoms with Gasteiger partial charge in [0.05, 0.1) is 23.9 Å². The van der Waals surface area contributed by atoms with Gasteiger partial charge in [0, 0.05) is 16.9 Å². The fourth-order valence-electron chi connectivity index (χ4n) is 3.93. The summed E-state index contributed by atoms with van der Waals surface area (Å²) in [6.45, 7) is 1.87. The Balaban J connectivity index is 0.00000306. The number of halogens is 1. The van der Waals surface area contributed by atoms with Crippen LogP contribution < -0.4 is 5.32 Å². The molecule has 4 rings (SSSR count). The molecule has 4 aromatic rings. The van der Waals surface area contributed by atoms with E-state index < -0.39 is 5.97 Å². The molecule has 0 aliphatic carbocycles. The smallest absolute Gasteiger partial charge is 0.325 e. The maximum Gasteiger partial charge on any atom is 0.325 e. The fourth-order valence-corrected chi connectivity index (χ4v) is 3.93. The number of methoxy groups -OCH3 is 1. The monoisotopic (exact) mass is 460 g/mol. The number of fused-ring (bicyclic) bond motifs is 1. The zero-order chi connectivity index (χ0) is 22.5. The van der Waals surface area contributed by atoms with Crippen LogP contribution in [0, 0.1) is 0 Å². The number of aromatic nitrogens is 1. The number of para-hydroxylation sites is 1. The topological polar surface area (TPSA) is 68.3 Å². The number of esters is 1. The molecule has 1 amide bonds. The molecule has 1 unspecified atom stereocenters. The predicted octanol–water partition coefficient (Wildman–Crippen LogP) is 5.38. The van der Waals surface area contributed by atoms with E-state index in [0.717, 1.165) is 33.3 Å². The highest BCUT2D eigenvalue weighted by Crippen LogP contribution is 2.38. The third kappa shape index (κ3) is 5.04. The molecule has 5 nitrogen and oxygen atoms in total. The summed E-state index contributed by atoms with van der Waals surface area (Å²) in [4.78, 5) is 30.1. The SMILES string of the molecule is COC(=O)CNC(=O)c1c(C(C)c2ccccc2)c(-c2ccccc2)nc2ccccc12.Cl. The van der Waals surface area contributed by atoms with Crippen molar-refractivity contribution < 1.29 is 14.3 Å². The van der Waals surface area contributed by atoms with Crippen LogP contribution in [-0.2, 0) is 9.53 Å². The van der Waals surface area contributed by atoms with E-state index >= 15 is 0 Å². The Morgan fingerprint density at radius 1 is 0.909 bits per heavy atom. The van der Waals surface area contributed by atoms with Crippen molar-refractivity contribution in [3.8, 4) is 11.3 Å². The number of carbonyl (C=O) groups is 2. The highest BCUT2D eigenvalue weighted by Gasteiger charge is 2.26. The van der Waals surface area contributed by atoms with E-state index in [1.807, 2.05) is 84.9 Å². The van der Waals surface area contributed by atoms with Crippen LogP contribution in [0.5, 0.6) is 0 Å². The minimum absolute atomic E-state index is 0. The van der Waals surface area contributed by atoms with Gasteiger partial charge >= 0.3 is 5.97 Å². The molecule has 0 aliphatic rings. The summed E-state index contributed by atoms with van der Waals surface area (Å²) in [6, 6.07) is 27.5. The van der Waals surface area contributed by atoms with Gasteiger partial charge in [-0.2, -0.15) is 0 Å². The lowest BCUT2D eigenvalue weighted by atomic mass is 9.84. The number of nitrogens with one attached hydrogen (secondary N) is 1. The first-order valence-corrected chi connectivity index (χ1v) is 10.5. The second-order valence-electron chi connectivity index (χ2n) is 7.52. The van der Waals surface area contributed by atoms with Crippen molar-refractivity contribution in [3.05, 3.63) is 102 Å². The molecule has 6 heteroatoms. The summed E-state index contributed by atoms with van der Waals surface area (Å²) in [5.41, 5.74) is 4.82. The van der Waals surface area contributed by atoms with Crippen molar-refractivity contribution in [2.75, 3.05) is 13.7 Å². The van der Waals surface area contributed by atoms with Gasteiger partial charge in [-0.1, -0.05) is 85.8 Å². The van der Waals surface area contributed by atoms with Crippen LogP contribution in [-0.4, -0.2) is 30.5 Å². The van der Waals surface area contributed by atoms with E-state index in [0.29, 0.717) is 5.56 Å². The van der Waals surface area contributed by atoms with Crippen molar-refractivity contribution in [1.82, 2.24) is 10.3 Å². The summed E-state index contributed by atoms with van der Waals surface area (Å²) in [6.07, 6.45) is 0. The molecule has 1 N–H and O–H groups in total. The minimum atomic E-state index is -0.502. The van der Waals surface area contributed by atoms with Crippen LogP contribution in [0.25, 0.3) is 22.2 Å². The van der Waals surface area contributed by atoms with Crippen molar-refractivity contribution in [2.24, 2.45) is 0 Å². The molecule has 0 spiro atoms. The molecule has 0 saturated heterocycles. The first-order chi connectivity index (χ1) is 15.6. The molecule has 1 atom stereocenters. The van der Waals surface area contributed by atoms with E-state index in [4.69, 9.17) is 9.72 Å². The van der Waals surface area contributed by atoms with Gasteiger partial charge in [-0.3, -0.25) is 9.59 Å². The largest absolute Gasteiger partial charge is 0.468 e. The molecular weight excluding hydrogens is 436 g/mol. The number of rotatable bonds is 6. The standard InChI is InChI=1S/C27H24N2O3.ClH/c1-18(19-11-5-3-6-12-19)24-25(27(31)28-17-23(30)32-2)21-15-9-10-16-22(21)29-26(24)20-13-7-4-8-14-20;/h3-16,18H,17H2,1-2H3,(H,28,31);1H. The molecule has 0 fully saturated rings. The van der Waals surface area contributed by atoms with Gasteiger partial charge in [-0.25, -0.2) is 4.98 Å². The summed E-state index contributed by atoms with van der Waals surface area (Å²) >= 11 is 0. The quantitative estimate of drug-likeness (QED) is 0.392. The van der Waals surface area contributed by atoms with E-state index in [2.05, 4.69) is 12.2 Å². The average molecular weight is 461 g/mol. The van der Waals surface area contributed by atoms with Crippen LogP contribution in [0.1, 0.15) is 34.3 Å². The number of amides is 1.